The van der Waals surface area contributed by atoms with Crippen LogP contribution in [0.25, 0.3) is 11.3 Å². The smallest absolute Gasteiger partial charge is 0.337 e. The SMILES string of the molecule is NC(Cn1ccc(-c2ccc(F)cc2)n1)C(=O)Nc1ccccc1C(=O)O. The Kier molecular flexibility index (Phi) is 5.28. The van der Waals surface area contributed by atoms with Crippen LogP contribution in [0.4, 0.5) is 10.1 Å². The van der Waals surface area contributed by atoms with Gasteiger partial charge in [-0.25, -0.2) is 9.18 Å². The number of benzene rings is 2. The largest absolute Gasteiger partial charge is 0.478 e. The fraction of sp³-hybridized carbons (Fsp3) is 0.105. The van der Waals surface area contributed by atoms with Gasteiger partial charge in [0.2, 0.25) is 5.91 Å². The van der Waals surface area contributed by atoms with Gasteiger partial charge in [0.05, 0.1) is 23.5 Å². The number of carboxylic acids is 1. The van der Waals surface area contributed by atoms with E-state index in [1.54, 1.807) is 36.5 Å². The molecule has 0 aliphatic rings. The predicted octanol–water partition coefficient (Wildman–Crippen LogP) is 2.35. The van der Waals surface area contributed by atoms with Gasteiger partial charge in [0, 0.05) is 11.8 Å². The lowest BCUT2D eigenvalue weighted by Gasteiger charge is -2.13. The van der Waals surface area contributed by atoms with E-state index in [2.05, 4.69) is 10.4 Å². The molecule has 1 atom stereocenters. The van der Waals surface area contributed by atoms with E-state index in [0.29, 0.717) is 5.69 Å². The van der Waals surface area contributed by atoms with Gasteiger partial charge in [0.15, 0.2) is 0 Å². The van der Waals surface area contributed by atoms with Crippen LogP contribution in [0.15, 0.2) is 60.8 Å². The first kappa shape index (κ1) is 18.3. The maximum absolute atomic E-state index is 13.0. The first-order valence-corrected chi connectivity index (χ1v) is 8.12. The number of amides is 1. The second kappa shape index (κ2) is 7.79. The van der Waals surface area contributed by atoms with Crippen molar-refractivity contribution in [3.8, 4) is 11.3 Å². The summed E-state index contributed by atoms with van der Waals surface area (Å²) in [6.45, 7) is 0.0995. The van der Waals surface area contributed by atoms with Crippen LogP contribution in [0.2, 0.25) is 0 Å². The number of nitrogens with zero attached hydrogens (tertiary/aromatic N) is 2. The normalized spacial score (nSPS) is 11.8. The molecule has 0 bridgehead atoms. The summed E-state index contributed by atoms with van der Waals surface area (Å²) in [4.78, 5) is 23.5. The molecule has 3 rings (SSSR count). The van der Waals surface area contributed by atoms with Gasteiger partial charge in [-0.15, -0.1) is 0 Å². The third-order valence-corrected chi connectivity index (χ3v) is 3.92. The van der Waals surface area contributed by atoms with Crippen LogP contribution in [0.5, 0.6) is 0 Å². The Morgan fingerprint density at radius 1 is 1.15 bits per heavy atom. The standard InChI is InChI=1S/C19H17FN4O3/c20-13-7-5-12(6-8-13)16-9-10-24(23-16)11-15(21)18(25)22-17-4-2-1-3-14(17)19(26)27/h1-10,15H,11,21H2,(H,22,25)(H,26,27). The molecule has 3 aromatic rings. The van der Waals surface area contributed by atoms with Crippen LogP contribution in [-0.2, 0) is 11.3 Å². The lowest BCUT2D eigenvalue weighted by molar-refractivity contribution is -0.117. The molecule has 1 unspecified atom stereocenters. The van der Waals surface area contributed by atoms with Crippen molar-refractivity contribution in [3.05, 3.63) is 72.2 Å². The molecule has 138 valence electrons. The lowest BCUT2D eigenvalue weighted by atomic mass is 10.1. The summed E-state index contributed by atoms with van der Waals surface area (Å²) in [6.07, 6.45) is 1.66. The Labute approximate surface area is 154 Å². The molecule has 0 saturated carbocycles. The van der Waals surface area contributed by atoms with Gasteiger partial charge in [-0.3, -0.25) is 9.48 Å². The van der Waals surface area contributed by atoms with E-state index in [4.69, 9.17) is 10.8 Å². The quantitative estimate of drug-likeness (QED) is 0.619. The van der Waals surface area contributed by atoms with Gasteiger partial charge in [-0.05, 0) is 42.5 Å². The van der Waals surface area contributed by atoms with E-state index >= 15 is 0 Å². The maximum atomic E-state index is 13.0. The van der Waals surface area contributed by atoms with Crippen LogP contribution in [0, 0.1) is 5.82 Å². The number of aromatic nitrogens is 2. The van der Waals surface area contributed by atoms with Gasteiger partial charge >= 0.3 is 5.97 Å². The van der Waals surface area contributed by atoms with E-state index in [1.807, 2.05) is 0 Å². The first-order chi connectivity index (χ1) is 12.9. The summed E-state index contributed by atoms with van der Waals surface area (Å²) in [5.74, 6) is -2.00. The molecule has 0 aliphatic heterocycles. The van der Waals surface area contributed by atoms with E-state index in [0.717, 1.165) is 5.56 Å². The van der Waals surface area contributed by atoms with E-state index in [1.165, 1.54) is 28.9 Å². The number of nitrogens with one attached hydrogen (secondary N) is 1. The van der Waals surface area contributed by atoms with Crippen molar-refractivity contribution in [2.75, 3.05) is 5.32 Å². The molecule has 0 radical (unpaired) electrons. The number of halogens is 1. The minimum Gasteiger partial charge on any atom is -0.478 e. The van der Waals surface area contributed by atoms with Crippen molar-refractivity contribution in [1.82, 2.24) is 9.78 Å². The molecule has 27 heavy (non-hydrogen) atoms. The van der Waals surface area contributed by atoms with Crippen LogP contribution >= 0.6 is 0 Å². The topological polar surface area (TPSA) is 110 Å². The number of aromatic carboxylic acids is 1. The Bertz CT molecular complexity index is 969. The maximum Gasteiger partial charge on any atom is 0.337 e. The molecule has 0 aliphatic carbocycles. The van der Waals surface area contributed by atoms with Crippen LogP contribution < -0.4 is 11.1 Å². The zero-order chi connectivity index (χ0) is 19.4. The molecule has 8 heteroatoms. The summed E-state index contributed by atoms with van der Waals surface area (Å²) < 4.78 is 14.5. The van der Waals surface area contributed by atoms with Crippen LogP contribution in [0.1, 0.15) is 10.4 Å². The van der Waals surface area contributed by atoms with Crippen molar-refractivity contribution >= 4 is 17.6 Å². The Balaban J connectivity index is 1.67. The molecular weight excluding hydrogens is 351 g/mol. The fourth-order valence-electron chi connectivity index (χ4n) is 2.53. The lowest BCUT2D eigenvalue weighted by Crippen LogP contribution is -2.39. The molecule has 4 N–H and O–H groups in total. The molecule has 7 nitrogen and oxygen atoms in total. The molecule has 1 aromatic heterocycles. The van der Waals surface area contributed by atoms with Crippen molar-refractivity contribution in [1.29, 1.82) is 0 Å². The fourth-order valence-corrected chi connectivity index (χ4v) is 2.53. The van der Waals surface area contributed by atoms with Crippen LogP contribution in [0.3, 0.4) is 0 Å². The molecular formula is C19H17FN4O3. The first-order valence-electron chi connectivity index (χ1n) is 8.12. The van der Waals surface area contributed by atoms with Gasteiger partial charge < -0.3 is 16.2 Å². The second-order valence-corrected chi connectivity index (χ2v) is 5.88. The van der Waals surface area contributed by atoms with Gasteiger partial charge in [-0.2, -0.15) is 5.10 Å². The predicted molar refractivity (Wildman–Crippen MR) is 97.6 cm³/mol. The van der Waals surface area contributed by atoms with Crippen molar-refractivity contribution in [2.45, 2.75) is 12.6 Å². The highest BCUT2D eigenvalue weighted by Gasteiger charge is 2.18. The minimum absolute atomic E-state index is 0.0178. The highest BCUT2D eigenvalue weighted by atomic mass is 19.1. The number of carboxylic acid groups (broad SMARTS) is 1. The Hall–Kier alpha value is -3.52. The summed E-state index contributed by atoms with van der Waals surface area (Å²) in [6, 6.07) is 12.8. The highest BCUT2D eigenvalue weighted by Crippen LogP contribution is 2.18. The van der Waals surface area contributed by atoms with Crippen molar-refractivity contribution in [3.63, 3.8) is 0 Å². The van der Waals surface area contributed by atoms with Gasteiger partial charge in [0.1, 0.15) is 11.9 Å². The molecule has 2 aromatic carbocycles. The van der Waals surface area contributed by atoms with Crippen molar-refractivity contribution < 1.29 is 19.1 Å². The highest BCUT2D eigenvalue weighted by molar-refractivity contribution is 6.02. The number of para-hydroxylation sites is 1. The third-order valence-electron chi connectivity index (χ3n) is 3.92. The second-order valence-electron chi connectivity index (χ2n) is 5.88. The van der Waals surface area contributed by atoms with E-state index in [-0.39, 0.29) is 23.6 Å². The summed E-state index contributed by atoms with van der Waals surface area (Å²) in [5.41, 5.74) is 7.45. The third kappa shape index (κ3) is 4.36. The van der Waals surface area contributed by atoms with Gasteiger partial charge in [-0.1, -0.05) is 12.1 Å². The number of carbonyl (C=O) groups excluding carboxylic acids is 1. The number of rotatable bonds is 6. The molecule has 1 heterocycles. The number of hydrogen-bond donors (Lipinski definition) is 3. The number of nitrogens with two attached hydrogens (primary N) is 1. The Morgan fingerprint density at radius 3 is 2.56 bits per heavy atom. The van der Waals surface area contributed by atoms with Gasteiger partial charge in [0.25, 0.3) is 0 Å². The number of hydrogen-bond acceptors (Lipinski definition) is 4. The molecule has 1 amide bonds. The minimum atomic E-state index is -1.14. The monoisotopic (exact) mass is 368 g/mol. The summed E-state index contributed by atoms with van der Waals surface area (Å²) >= 11 is 0. The zero-order valence-electron chi connectivity index (χ0n) is 14.2. The summed E-state index contributed by atoms with van der Waals surface area (Å²) in [5, 5.41) is 16.0. The van der Waals surface area contributed by atoms with E-state index in [9.17, 15) is 14.0 Å². The Morgan fingerprint density at radius 2 is 1.85 bits per heavy atom. The van der Waals surface area contributed by atoms with Crippen molar-refractivity contribution in [2.24, 2.45) is 5.73 Å². The number of anilines is 1. The molecule has 0 spiro atoms. The molecule has 0 saturated heterocycles. The average molecular weight is 368 g/mol. The molecule has 0 fully saturated rings. The zero-order valence-corrected chi connectivity index (χ0v) is 14.2. The summed E-state index contributed by atoms with van der Waals surface area (Å²) in [7, 11) is 0. The van der Waals surface area contributed by atoms with Crippen LogP contribution in [-0.4, -0.2) is 32.8 Å². The number of carbonyl (C=O) groups is 2. The average Bonchev–Trinajstić information content (AvgIpc) is 3.11. The van der Waals surface area contributed by atoms with E-state index < -0.39 is 17.9 Å².